The number of nitrogens with zero attached hydrogens (tertiary/aromatic N) is 1. The molecule has 4 aromatic rings. The van der Waals surface area contributed by atoms with Crippen LogP contribution in [0.3, 0.4) is 0 Å². The molecule has 2 heterocycles. The van der Waals surface area contributed by atoms with Crippen molar-refractivity contribution in [2.75, 3.05) is 11.6 Å². The number of benzene rings is 2. The number of fused-ring (bicyclic) bond motifs is 1. The van der Waals surface area contributed by atoms with E-state index >= 15 is 0 Å². The van der Waals surface area contributed by atoms with Crippen LogP contribution in [0.4, 0.5) is 5.13 Å². The van der Waals surface area contributed by atoms with Crippen molar-refractivity contribution >= 4 is 43.2 Å². The highest BCUT2D eigenvalue weighted by Gasteiger charge is 2.15. The number of rotatable bonds is 4. The summed E-state index contributed by atoms with van der Waals surface area (Å²) in [5.74, 6) is -0.498. The molecule has 0 unspecified atom stereocenters. The standard InChI is InChI=1S/C20H14N2O5S2/c1-29(25,26)14-7-4-6-13(9-14)18(23)22-20-21-16(11-28-20)15-10-12-5-2-3-8-17(12)27-19(15)24/h2-11H,1H3,(H,21,22,23). The second-order valence-corrected chi connectivity index (χ2v) is 9.15. The average Bonchev–Trinajstić information content (AvgIpc) is 3.15. The normalized spacial score (nSPS) is 11.5. The molecule has 7 nitrogen and oxygen atoms in total. The zero-order valence-electron chi connectivity index (χ0n) is 15.1. The molecule has 0 atom stereocenters. The number of aromatic nitrogens is 1. The summed E-state index contributed by atoms with van der Waals surface area (Å²) >= 11 is 1.15. The summed E-state index contributed by atoms with van der Waals surface area (Å²) in [5, 5.41) is 5.31. The zero-order valence-corrected chi connectivity index (χ0v) is 16.7. The lowest BCUT2D eigenvalue weighted by Gasteiger charge is -2.04. The van der Waals surface area contributed by atoms with Crippen LogP contribution in [0.1, 0.15) is 10.4 Å². The van der Waals surface area contributed by atoms with Gasteiger partial charge in [-0.25, -0.2) is 18.2 Å². The van der Waals surface area contributed by atoms with Gasteiger partial charge < -0.3 is 4.42 Å². The Kier molecular flexibility index (Phi) is 4.77. The summed E-state index contributed by atoms with van der Waals surface area (Å²) in [6, 6.07) is 14.6. The molecule has 0 fully saturated rings. The van der Waals surface area contributed by atoms with Gasteiger partial charge in [0.2, 0.25) is 0 Å². The quantitative estimate of drug-likeness (QED) is 0.500. The number of amides is 1. The van der Waals surface area contributed by atoms with Gasteiger partial charge in [-0.15, -0.1) is 11.3 Å². The van der Waals surface area contributed by atoms with Gasteiger partial charge in [-0.05, 0) is 30.3 Å². The molecule has 146 valence electrons. The maximum atomic E-state index is 12.5. The highest BCUT2D eigenvalue weighted by atomic mass is 32.2. The Morgan fingerprint density at radius 1 is 1.10 bits per heavy atom. The monoisotopic (exact) mass is 426 g/mol. The van der Waals surface area contributed by atoms with Gasteiger partial charge in [0.25, 0.3) is 5.91 Å². The topological polar surface area (TPSA) is 106 Å². The number of sulfone groups is 1. The van der Waals surface area contributed by atoms with Crippen molar-refractivity contribution in [1.29, 1.82) is 0 Å². The lowest BCUT2D eigenvalue weighted by Crippen LogP contribution is -2.12. The first-order valence-electron chi connectivity index (χ1n) is 8.41. The highest BCUT2D eigenvalue weighted by Crippen LogP contribution is 2.25. The predicted octanol–water partition coefficient (Wildman–Crippen LogP) is 3.57. The first kappa shape index (κ1) is 19.0. The Morgan fingerprint density at radius 3 is 2.69 bits per heavy atom. The molecule has 1 N–H and O–H groups in total. The summed E-state index contributed by atoms with van der Waals surface area (Å²) in [7, 11) is -3.42. The fourth-order valence-corrected chi connectivity index (χ4v) is 4.11. The van der Waals surface area contributed by atoms with Crippen molar-refractivity contribution in [2.45, 2.75) is 4.90 Å². The zero-order chi connectivity index (χ0) is 20.6. The van der Waals surface area contributed by atoms with Gasteiger partial charge in [-0.2, -0.15) is 0 Å². The molecule has 0 aliphatic rings. The fourth-order valence-electron chi connectivity index (χ4n) is 2.73. The Hall–Kier alpha value is -3.30. The van der Waals surface area contributed by atoms with E-state index in [1.54, 1.807) is 23.6 Å². The molecule has 0 aliphatic heterocycles. The van der Waals surface area contributed by atoms with Gasteiger partial charge in [-0.1, -0.05) is 24.3 Å². The molecule has 4 rings (SSSR count). The fraction of sp³-hybridized carbons (Fsp3) is 0.0500. The van der Waals surface area contributed by atoms with Gasteiger partial charge in [0, 0.05) is 22.6 Å². The van der Waals surface area contributed by atoms with E-state index in [-0.39, 0.29) is 15.6 Å². The number of carbonyl (C=O) groups is 1. The number of anilines is 1. The van der Waals surface area contributed by atoms with Crippen molar-refractivity contribution < 1.29 is 17.6 Å². The molecule has 2 aromatic carbocycles. The first-order chi connectivity index (χ1) is 13.8. The molecule has 0 bridgehead atoms. The predicted molar refractivity (Wildman–Crippen MR) is 111 cm³/mol. The molecular formula is C20H14N2O5S2. The second kappa shape index (κ2) is 7.26. The summed E-state index contributed by atoms with van der Waals surface area (Å²) in [4.78, 5) is 29.1. The highest BCUT2D eigenvalue weighted by molar-refractivity contribution is 7.90. The van der Waals surface area contributed by atoms with Gasteiger partial charge >= 0.3 is 5.63 Å². The van der Waals surface area contributed by atoms with E-state index in [0.29, 0.717) is 16.8 Å². The average molecular weight is 426 g/mol. The Labute approximate surface area is 169 Å². The summed E-state index contributed by atoms with van der Waals surface area (Å²) < 4.78 is 28.7. The smallest absolute Gasteiger partial charge is 0.345 e. The van der Waals surface area contributed by atoms with Crippen LogP contribution >= 0.6 is 11.3 Å². The number of hydrogen-bond acceptors (Lipinski definition) is 7. The third-order valence-corrected chi connectivity index (χ3v) is 6.03. The SMILES string of the molecule is CS(=O)(=O)c1cccc(C(=O)Nc2nc(-c3cc4ccccc4oc3=O)cs2)c1. The summed E-state index contributed by atoms with van der Waals surface area (Å²) in [6.07, 6.45) is 1.08. The van der Waals surface area contributed by atoms with Crippen molar-refractivity contribution in [3.05, 3.63) is 76.0 Å². The second-order valence-electron chi connectivity index (χ2n) is 6.28. The Balaban J connectivity index is 1.61. The minimum absolute atomic E-state index is 0.0544. The van der Waals surface area contributed by atoms with Crippen molar-refractivity contribution in [1.82, 2.24) is 4.98 Å². The lowest BCUT2D eigenvalue weighted by atomic mass is 10.1. The van der Waals surface area contributed by atoms with Crippen LogP contribution in [-0.4, -0.2) is 25.6 Å². The maximum absolute atomic E-state index is 12.5. The van der Waals surface area contributed by atoms with Crippen molar-refractivity contribution in [2.24, 2.45) is 0 Å². The molecule has 0 saturated carbocycles. The van der Waals surface area contributed by atoms with Crippen LogP contribution in [-0.2, 0) is 9.84 Å². The first-order valence-corrected chi connectivity index (χ1v) is 11.2. The molecule has 29 heavy (non-hydrogen) atoms. The van der Waals surface area contributed by atoms with E-state index < -0.39 is 21.4 Å². The third-order valence-electron chi connectivity index (χ3n) is 4.17. The largest absolute Gasteiger partial charge is 0.422 e. The molecular weight excluding hydrogens is 412 g/mol. The van der Waals surface area contributed by atoms with E-state index in [4.69, 9.17) is 4.42 Å². The minimum atomic E-state index is -3.42. The maximum Gasteiger partial charge on any atom is 0.345 e. The van der Waals surface area contributed by atoms with Crippen LogP contribution < -0.4 is 10.9 Å². The molecule has 1 amide bonds. The van der Waals surface area contributed by atoms with E-state index in [1.165, 1.54) is 24.3 Å². The van der Waals surface area contributed by atoms with Crippen LogP contribution in [0.2, 0.25) is 0 Å². The number of thiazole rings is 1. The lowest BCUT2D eigenvalue weighted by molar-refractivity contribution is 0.102. The number of nitrogens with one attached hydrogen (secondary N) is 1. The van der Waals surface area contributed by atoms with Crippen molar-refractivity contribution in [3.8, 4) is 11.3 Å². The van der Waals surface area contributed by atoms with Crippen LogP contribution in [0.25, 0.3) is 22.2 Å². The van der Waals surface area contributed by atoms with E-state index in [2.05, 4.69) is 10.3 Å². The van der Waals surface area contributed by atoms with Gasteiger partial charge in [0.05, 0.1) is 16.2 Å². The molecule has 0 radical (unpaired) electrons. The summed E-state index contributed by atoms with van der Waals surface area (Å²) in [6.45, 7) is 0. The molecule has 9 heteroatoms. The number of para-hydroxylation sites is 1. The minimum Gasteiger partial charge on any atom is -0.422 e. The van der Waals surface area contributed by atoms with Crippen LogP contribution in [0, 0.1) is 0 Å². The molecule has 0 spiro atoms. The Bertz CT molecular complexity index is 1400. The molecule has 0 aliphatic carbocycles. The van der Waals surface area contributed by atoms with Crippen LogP contribution in [0.15, 0.2) is 74.1 Å². The van der Waals surface area contributed by atoms with Crippen molar-refractivity contribution in [3.63, 3.8) is 0 Å². The Morgan fingerprint density at radius 2 is 1.90 bits per heavy atom. The van der Waals surface area contributed by atoms with Crippen LogP contribution in [0.5, 0.6) is 0 Å². The number of carbonyl (C=O) groups excluding carboxylic acids is 1. The van der Waals surface area contributed by atoms with E-state index in [9.17, 15) is 18.0 Å². The molecule has 0 saturated heterocycles. The third kappa shape index (κ3) is 3.96. The van der Waals surface area contributed by atoms with Gasteiger partial charge in [0.1, 0.15) is 5.58 Å². The molecule has 2 aromatic heterocycles. The van der Waals surface area contributed by atoms with Gasteiger partial charge in [0.15, 0.2) is 15.0 Å². The summed E-state index contributed by atoms with van der Waals surface area (Å²) in [5.41, 5.74) is 0.826. The van der Waals surface area contributed by atoms with E-state index in [1.807, 2.05) is 12.1 Å². The van der Waals surface area contributed by atoms with E-state index in [0.717, 1.165) is 23.0 Å². The van der Waals surface area contributed by atoms with Gasteiger partial charge in [-0.3, -0.25) is 10.1 Å². The number of hydrogen-bond donors (Lipinski definition) is 1.